The van der Waals surface area contributed by atoms with Crippen LogP contribution in [0.1, 0.15) is 103 Å². The molecule has 6 atom stereocenters. The average Bonchev–Trinajstić information content (AvgIpc) is 3.50. The van der Waals surface area contributed by atoms with Gasteiger partial charge in [0.1, 0.15) is 30.2 Å². The van der Waals surface area contributed by atoms with Crippen LogP contribution in [0.5, 0.6) is 0 Å². The third-order valence-corrected chi connectivity index (χ3v) is 9.95. The molecular weight excluding hydrogens is 627 g/mol. The summed E-state index contributed by atoms with van der Waals surface area (Å²) >= 11 is 0. The van der Waals surface area contributed by atoms with Gasteiger partial charge in [-0.05, 0) is 6.42 Å². The molecule has 0 saturated carbocycles. The van der Waals surface area contributed by atoms with Crippen LogP contribution in [0.2, 0.25) is 0 Å². The molecule has 44 heavy (non-hydrogen) atoms. The molecule has 18 heteroatoms. The van der Waals surface area contributed by atoms with E-state index in [9.17, 15) is 29.1 Å². The fourth-order valence-corrected chi connectivity index (χ4v) is 7.04. The standard InChI is InChI=1S/C26H47N5O10P2.Na/c1-2-3-4-5-6-7-8-9-10-11-12-13-14-15-16-38-42(34,35)41-43(36,37)39-17-20-22(32)23(33)26(40-20)31-19-30-21-24(27)28-18-29-25(21)31;/h18-20,22-23,26,32-33H,2-17H2,1H3,(H,34,35)(H,36,37)(H2,27,28,29);/q;+1/p-1. The fourth-order valence-electron chi connectivity index (χ4n) is 4.97. The first kappa shape index (κ1) is 39.7. The molecule has 3 rings (SSSR count). The van der Waals surface area contributed by atoms with Gasteiger partial charge in [0.25, 0.3) is 7.82 Å². The van der Waals surface area contributed by atoms with Crippen LogP contribution in [-0.2, 0) is 27.2 Å². The number of hydrogen-bond donors (Lipinski definition) is 4. The minimum Gasteiger partial charge on any atom is -0.756 e. The molecule has 2 aromatic heterocycles. The maximum absolute atomic E-state index is 12.3. The van der Waals surface area contributed by atoms with Crippen molar-refractivity contribution in [3.63, 3.8) is 0 Å². The minimum atomic E-state index is -5.16. The Morgan fingerprint density at radius 2 is 1.48 bits per heavy atom. The molecule has 2 aromatic rings. The van der Waals surface area contributed by atoms with Gasteiger partial charge in [0.05, 0.1) is 19.5 Å². The normalized spacial score (nSPS) is 22.9. The topological polar surface area (TPSA) is 224 Å². The van der Waals surface area contributed by atoms with E-state index in [2.05, 4.69) is 26.2 Å². The Bertz CT molecular complexity index is 1210. The van der Waals surface area contributed by atoms with Crippen molar-refractivity contribution in [1.82, 2.24) is 19.5 Å². The second-order valence-corrected chi connectivity index (χ2v) is 13.9. The number of rotatable bonds is 22. The monoisotopic (exact) mass is 673 g/mol. The summed E-state index contributed by atoms with van der Waals surface area (Å²) in [7, 11) is -10.3. The molecule has 0 aliphatic carbocycles. The molecule has 1 saturated heterocycles. The first-order valence-electron chi connectivity index (χ1n) is 15.1. The number of nitrogen functional groups attached to an aromatic ring is 1. The Hall–Kier alpha value is -0.510. The molecule has 6 unspecified atom stereocenters. The maximum atomic E-state index is 12.3. The molecule has 0 bridgehead atoms. The third kappa shape index (κ3) is 12.9. The predicted octanol–water partition coefficient (Wildman–Crippen LogP) is 1.13. The van der Waals surface area contributed by atoms with Crippen molar-refractivity contribution in [1.29, 1.82) is 0 Å². The molecule has 1 aliphatic rings. The van der Waals surface area contributed by atoms with Crippen molar-refractivity contribution >= 4 is 32.6 Å². The molecule has 0 amide bonds. The number of phosphoric ester groups is 2. The Morgan fingerprint density at radius 1 is 0.909 bits per heavy atom. The van der Waals surface area contributed by atoms with Gasteiger partial charge in [0, 0.05) is 0 Å². The van der Waals surface area contributed by atoms with Crippen molar-refractivity contribution in [2.45, 2.75) is 121 Å². The van der Waals surface area contributed by atoms with Crippen LogP contribution in [0.3, 0.4) is 0 Å². The molecule has 0 aromatic carbocycles. The minimum absolute atomic E-state index is 0. The number of nitrogens with zero attached hydrogens (tertiary/aromatic N) is 4. The van der Waals surface area contributed by atoms with Gasteiger partial charge in [-0.25, -0.2) is 23.8 Å². The van der Waals surface area contributed by atoms with Gasteiger partial charge in [0.15, 0.2) is 17.7 Å². The van der Waals surface area contributed by atoms with Gasteiger partial charge >= 0.3 is 37.4 Å². The van der Waals surface area contributed by atoms with Gasteiger partial charge in [-0.2, -0.15) is 0 Å². The summed E-state index contributed by atoms with van der Waals surface area (Å²) in [6.07, 6.45) is 12.9. The third-order valence-electron chi connectivity index (χ3n) is 7.35. The molecular formula is C26H46N5NaO10P2. The van der Waals surface area contributed by atoms with Crippen LogP contribution in [-0.4, -0.2) is 66.2 Å². The van der Waals surface area contributed by atoms with Crippen molar-refractivity contribution in [2.24, 2.45) is 0 Å². The van der Waals surface area contributed by atoms with Gasteiger partial charge in [-0.1, -0.05) is 90.4 Å². The SMILES string of the molecule is CCCCCCCCCCCCCCCCOP(=O)([O-])OP(=O)(O)OCC1OC(n2cnc3c(N)ncnc32)C(O)C1O.[Na+]. The van der Waals surface area contributed by atoms with Crippen LogP contribution < -0.4 is 40.2 Å². The van der Waals surface area contributed by atoms with E-state index in [1.807, 2.05) is 0 Å². The van der Waals surface area contributed by atoms with E-state index >= 15 is 0 Å². The number of aliphatic hydroxyl groups is 2. The van der Waals surface area contributed by atoms with Crippen LogP contribution in [0.15, 0.2) is 12.7 Å². The number of unbranched alkanes of at least 4 members (excludes halogenated alkanes) is 13. The van der Waals surface area contributed by atoms with E-state index in [4.69, 9.17) is 19.5 Å². The first-order chi connectivity index (χ1) is 20.5. The maximum Gasteiger partial charge on any atom is 1.00 e. The van der Waals surface area contributed by atoms with E-state index in [-0.39, 0.29) is 53.1 Å². The molecule has 1 fully saturated rings. The zero-order chi connectivity index (χ0) is 31.3. The second-order valence-electron chi connectivity index (χ2n) is 10.9. The molecule has 1 aliphatic heterocycles. The Kier molecular flexibility index (Phi) is 18.0. The number of nitrogens with two attached hydrogens (primary N) is 1. The number of imidazole rings is 1. The number of aromatic nitrogens is 4. The Balaban J connectivity index is 0.00000675. The number of phosphoric acid groups is 2. The first-order valence-corrected chi connectivity index (χ1v) is 18.1. The Morgan fingerprint density at radius 3 is 2.07 bits per heavy atom. The summed E-state index contributed by atoms with van der Waals surface area (Å²) in [6, 6.07) is 0. The summed E-state index contributed by atoms with van der Waals surface area (Å²) in [5, 5.41) is 20.9. The molecule has 0 spiro atoms. The van der Waals surface area contributed by atoms with Gasteiger partial charge < -0.3 is 35.0 Å². The smallest absolute Gasteiger partial charge is 0.756 e. The molecule has 246 valence electrons. The van der Waals surface area contributed by atoms with Crippen molar-refractivity contribution in [3.8, 4) is 0 Å². The summed E-state index contributed by atoms with van der Waals surface area (Å²) in [5.41, 5.74) is 6.24. The van der Waals surface area contributed by atoms with Crippen LogP contribution >= 0.6 is 15.6 Å². The van der Waals surface area contributed by atoms with E-state index < -0.39 is 46.8 Å². The number of ether oxygens (including phenoxy) is 1. The summed E-state index contributed by atoms with van der Waals surface area (Å²) in [5.74, 6) is 0.101. The largest absolute Gasteiger partial charge is 1.00 e. The summed E-state index contributed by atoms with van der Waals surface area (Å²) < 4.78 is 45.0. The average molecular weight is 674 g/mol. The number of hydrogen-bond acceptors (Lipinski definition) is 13. The quantitative estimate of drug-likeness (QED) is 0.0781. The van der Waals surface area contributed by atoms with E-state index in [0.717, 1.165) is 25.7 Å². The molecule has 0 radical (unpaired) electrons. The number of anilines is 1. The fraction of sp³-hybridized carbons (Fsp3) is 0.808. The van der Waals surface area contributed by atoms with Crippen molar-refractivity contribution in [2.75, 3.05) is 18.9 Å². The van der Waals surface area contributed by atoms with Crippen molar-refractivity contribution in [3.05, 3.63) is 12.7 Å². The van der Waals surface area contributed by atoms with Gasteiger partial charge in [-0.3, -0.25) is 13.7 Å². The zero-order valence-electron chi connectivity index (χ0n) is 25.7. The van der Waals surface area contributed by atoms with Crippen molar-refractivity contribution < 1.29 is 76.8 Å². The van der Waals surface area contributed by atoms with E-state index in [1.54, 1.807) is 0 Å². The molecule has 15 nitrogen and oxygen atoms in total. The molecule has 3 heterocycles. The van der Waals surface area contributed by atoms with E-state index in [1.165, 1.54) is 75.0 Å². The van der Waals surface area contributed by atoms with E-state index in [0.29, 0.717) is 6.42 Å². The van der Waals surface area contributed by atoms with Crippen LogP contribution in [0, 0.1) is 0 Å². The predicted molar refractivity (Wildman–Crippen MR) is 156 cm³/mol. The Labute approximate surface area is 280 Å². The van der Waals surface area contributed by atoms with Gasteiger partial charge in [0.2, 0.25) is 0 Å². The van der Waals surface area contributed by atoms with Crippen LogP contribution in [0.25, 0.3) is 11.2 Å². The summed E-state index contributed by atoms with van der Waals surface area (Å²) in [4.78, 5) is 33.9. The number of aliphatic hydroxyl groups excluding tert-OH is 2. The van der Waals surface area contributed by atoms with Crippen LogP contribution in [0.4, 0.5) is 5.82 Å². The zero-order valence-corrected chi connectivity index (χ0v) is 29.5. The molecule has 5 N–H and O–H groups in total. The number of fused-ring (bicyclic) bond motifs is 1. The van der Waals surface area contributed by atoms with Gasteiger partial charge in [-0.15, -0.1) is 0 Å². The summed E-state index contributed by atoms with van der Waals surface area (Å²) in [6.45, 7) is 1.26. The second kappa shape index (κ2) is 20.0.